The Kier molecular flexibility index (Phi) is 5.38. The molecule has 2 rings (SSSR count). The first-order valence-corrected chi connectivity index (χ1v) is 7.69. The van der Waals surface area contributed by atoms with Crippen LogP contribution in [0.2, 0.25) is 0 Å². The summed E-state index contributed by atoms with van der Waals surface area (Å²) in [5.41, 5.74) is 1.24. The summed E-state index contributed by atoms with van der Waals surface area (Å²) in [5.74, 6) is 1.43. The Morgan fingerprint density at radius 2 is 1.79 bits per heavy atom. The van der Waals surface area contributed by atoms with Crippen LogP contribution < -0.4 is 5.32 Å². The molecule has 1 aromatic rings. The van der Waals surface area contributed by atoms with Crippen molar-refractivity contribution >= 4 is 0 Å². The van der Waals surface area contributed by atoms with E-state index in [1.807, 2.05) is 12.1 Å². The van der Waals surface area contributed by atoms with Gasteiger partial charge in [0.25, 0.3) is 0 Å². The lowest BCUT2D eigenvalue weighted by Crippen LogP contribution is -2.31. The molecule has 1 aromatic carbocycles. The molecule has 1 unspecified atom stereocenters. The summed E-state index contributed by atoms with van der Waals surface area (Å²) in [4.78, 5) is 0. The van der Waals surface area contributed by atoms with Crippen molar-refractivity contribution in [2.45, 2.75) is 52.0 Å². The molecular weight excluding hydrogens is 237 g/mol. The van der Waals surface area contributed by atoms with Gasteiger partial charge in [0, 0.05) is 6.04 Å². The van der Waals surface area contributed by atoms with E-state index < -0.39 is 0 Å². The van der Waals surface area contributed by atoms with Crippen LogP contribution in [0.4, 0.5) is 4.39 Å². The van der Waals surface area contributed by atoms with Crippen molar-refractivity contribution in [2.75, 3.05) is 6.54 Å². The fraction of sp³-hybridized carbons (Fsp3) is 0.647. The third-order valence-corrected chi connectivity index (χ3v) is 4.38. The lowest BCUT2D eigenvalue weighted by Gasteiger charge is -2.33. The standard InChI is InChI=1S/C17H26FN/c1-3-12-19-17(14-6-4-13(2)5-7-14)15-8-10-16(18)11-9-15/h8-11,13-14,17,19H,3-7,12H2,1-2H3. The van der Waals surface area contributed by atoms with E-state index in [0.717, 1.165) is 18.9 Å². The van der Waals surface area contributed by atoms with Gasteiger partial charge in [0.1, 0.15) is 5.82 Å². The van der Waals surface area contributed by atoms with Gasteiger partial charge < -0.3 is 5.32 Å². The van der Waals surface area contributed by atoms with Gasteiger partial charge in [-0.2, -0.15) is 0 Å². The second-order valence-electron chi connectivity index (χ2n) is 6.00. The molecule has 1 N–H and O–H groups in total. The third kappa shape index (κ3) is 4.04. The van der Waals surface area contributed by atoms with Crippen LogP contribution in [-0.4, -0.2) is 6.54 Å². The first-order chi connectivity index (χ1) is 9.20. The Hall–Kier alpha value is -0.890. The van der Waals surface area contributed by atoms with Crippen LogP contribution >= 0.6 is 0 Å². The molecule has 0 aliphatic heterocycles. The van der Waals surface area contributed by atoms with E-state index in [0.29, 0.717) is 12.0 Å². The second kappa shape index (κ2) is 7.04. The summed E-state index contributed by atoms with van der Waals surface area (Å²) in [7, 11) is 0. The van der Waals surface area contributed by atoms with E-state index in [1.165, 1.54) is 31.2 Å². The van der Waals surface area contributed by atoms with Gasteiger partial charge in [-0.3, -0.25) is 0 Å². The Bertz CT molecular complexity index is 365. The van der Waals surface area contributed by atoms with Gasteiger partial charge in [0.2, 0.25) is 0 Å². The van der Waals surface area contributed by atoms with Crippen LogP contribution in [0.25, 0.3) is 0 Å². The summed E-state index contributed by atoms with van der Waals surface area (Å²) in [6.07, 6.45) is 6.38. The van der Waals surface area contributed by atoms with Crippen molar-refractivity contribution in [3.8, 4) is 0 Å². The molecule has 2 heteroatoms. The molecule has 1 fully saturated rings. The number of hydrogen-bond acceptors (Lipinski definition) is 1. The number of nitrogens with one attached hydrogen (secondary N) is 1. The average Bonchev–Trinajstić information content (AvgIpc) is 2.43. The van der Waals surface area contributed by atoms with Gasteiger partial charge in [-0.25, -0.2) is 4.39 Å². The minimum absolute atomic E-state index is 0.143. The summed E-state index contributed by atoms with van der Waals surface area (Å²) in [5, 5.41) is 3.67. The molecule has 0 aromatic heterocycles. The fourth-order valence-corrected chi connectivity index (χ4v) is 3.15. The molecule has 19 heavy (non-hydrogen) atoms. The Morgan fingerprint density at radius 1 is 1.16 bits per heavy atom. The Morgan fingerprint density at radius 3 is 2.37 bits per heavy atom. The topological polar surface area (TPSA) is 12.0 Å². The minimum atomic E-state index is -0.143. The number of hydrogen-bond donors (Lipinski definition) is 1. The Labute approximate surface area is 116 Å². The predicted molar refractivity (Wildman–Crippen MR) is 78.6 cm³/mol. The summed E-state index contributed by atoms with van der Waals surface area (Å²) < 4.78 is 13.1. The molecule has 0 spiro atoms. The zero-order valence-corrected chi connectivity index (χ0v) is 12.2. The summed E-state index contributed by atoms with van der Waals surface area (Å²) in [6, 6.07) is 7.46. The van der Waals surface area contributed by atoms with Gasteiger partial charge in [-0.05, 0) is 55.3 Å². The number of rotatable bonds is 5. The molecule has 1 saturated carbocycles. The first kappa shape index (κ1) is 14.5. The van der Waals surface area contributed by atoms with Gasteiger partial charge in [0.05, 0.1) is 0 Å². The molecule has 0 saturated heterocycles. The maximum Gasteiger partial charge on any atom is 0.123 e. The highest BCUT2D eigenvalue weighted by Crippen LogP contribution is 2.36. The molecule has 0 heterocycles. The highest BCUT2D eigenvalue weighted by atomic mass is 19.1. The van der Waals surface area contributed by atoms with Gasteiger partial charge in [-0.15, -0.1) is 0 Å². The minimum Gasteiger partial charge on any atom is -0.310 e. The van der Waals surface area contributed by atoms with Crippen molar-refractivity contribution in [1.29, 1.82) is 0 Å². The molecule has 1 nitrogen and oxygen atoms in total. The highest BCUT2D eigenvalue weighted by Gasteiger charge is 2.26. The molecule has 106 valence electrons. The van der Waals surface area contributed by atoms with E-state index in [9.17, 15) is 4.39 Å². The quantitative estimate of drug-likeness (QED) is 0.812. The van der Waals surface area contributed by atoms with E-state index in [4.69, 9.17) is 0 Å². The molecule has 0 bridgehead atoms. The predicted octanol–water partition coefficient (Wildman–Crippen LogP) is 4.69. The van der Waals surface area contributed by atoms with Gasteiger partial charge in [0.15, 0.2) is 0 Å². The van der Waals surface area contributed by atoms with E-state index in [2.05, 4.69) is 19.2 Å². The summed E-state index contributed by atoms with van der Waals surface area (Å²) in [6.45, 7) is 5.58. The molecule has 1 aliphatic rings. The maximum atomic E-state index is 13.1. The molecule has 1 atom stereocenters. The van der Waals surface area contributed by atoms with Crippen molar-refractivity contribution in [3.63, 3.8) is 0 Å². The zero-order valence-electron chi connectivity index (χ0n) is 12.2. The first-order valence-electron chi connectivity index (χ1n) is 7.69. The third-order valence-electron chi connectivity index (χ3n) is 4.38. The van der Waals surface area contributed by atoms with Crippen LogP contribution in [0.3, 0.4) is 0 Å². The monoisotopic (exact) mass is 263 g/mol. The molecule has 1 aliphatic carbocycles. The van der Waals surface area contributed by atoms with Crippen molar-refractivity contribution < 1.29 is 4.39 Å². The van der Waals surface area contributed by atoms with E-state index in [-0.39, 0.29) is 5.82 Å². The normalized spacial score (nSPS) is 25.2. The van der Waals surface area contributed by atoms with Crippen LogP contribution in [0.5, 0.6) is 0 Å². The second-order valence-corrected chi connectivity index (χ2v) is 6.00. The van der Waals surface area contributed by atoms with E-state index >= 15 is 0 Å². The van der Waals surface area contributed by atoms with E-state index in [1.54, 1.807) is 12.1 Å². The Balaban J connectivity index is 2.08. The average molecular weight is 263 g/mol. The van der Waals surface area contributed by atoms with Gasteiger partial charge in [-0.1, -0.05) is 38.8 Å². The van der Waals surface area contributed by atoms with Gasteiger partial charge >= 0.3 is 0 Å². The smallest absolute Gasteiger partial charge is 0.123 e. The van der Waals surface area contributed by atoms with Crippen LogP contribution in [0.1, 0.15) is 57.6 Å². The SMILES string of the molecule is CCCNC(c1ccc(F)cc1)C1CCC(C)CC1. The molecular formula is C17H26FN. The number of benzene rings is 1. The van der Waals surface area contributed by atoms with Crippen LogP contribution in [-0.2, 0) is 0 Å². The molecule has 0 radical (unpaired) electrons. The lowest BCUT2D eigenvalue weighted by atomic mass is 9.77. The fourth-order valence-electron chi connectivity index (χ4n) is 3.15. The lowest BCUT2D eigenvalue weighted by molar-refractivity contribution is 0.231. The van der Waals surface area contributed by atoms with Crippen molar-refractivity contribution in [2.24, 2.45) is 11.8 Å². The van der Waals surface area contributed by atoms with Crippen LogP contribution in [0.15, 0.2) is 24.3 Å². The van der Waals surface area contributed by atoms with Crippen molar-refractivity contribution in [3.05, 3.63) is 35.6 Å². The largest absolute Gasteiger partial charge is 0.310 e. The summed E-state index contributed by atoms with van der Waals surface area (Å²) >= 11 is 0. The number of halogens is 1. The van der Waals surface area contributed by atoms with Crippen molar-refractivity contribution in [1.82, 2.24) is 5.32 Å². The maximum absolute atomic E-state index is 13.1. The zero-order chi connectivity index (χ0) is 13.7. The van der Waals surface area contributed by atoms with Crippen LogP contribution in [0, 0.1) is 17.7 Å². The highest BCUT2D eigenvalue weighted by molar-refractivity contribution is 5.21. The molecule has 0 amide bonds.